The number of methoxy groups -OCH3 is 1. The molecule has 0 spiro atoms. The van der Waals surface area contributed by atoms with Gasteiger partial charge in [-0.05, 0) is 53.6 Å². The molecule has 5 rings (SSSR count). The van der Waals surface area contributed by atoms with Gasteiger partial charge < -0.3 is 9.30 Å². The summed E-state index contributed by atoms with van der Waals surface area (Å²) in [6.45, 7) is 0.254. The lowest BCUT2D eigenvalue weighted by atomic mass is 10.2. The van der Waals surface area contributed by atoms with Gasteiger partial charge in [0.15, 0.2) is 0 Å². The minimum Gasteiger partial charge on any atom is -0.497 e. The number of ether oxygens (including phenoxy) is 1. The molecular formula is C25H18F3N3O2. The predicted molar refractivity (Wildman–Crippen MR) is 119 cm³/mol. The Bertz CT molecular complexity index is 1550. The fraction of sp³-hybridized carbons (Fsp3) is 0.120. The van der Waals surface area contributed by atoms with Crippen LogP contribution in [0.25, 0.3) is 21.9 Å². The van der Waals surface area contributed by atoms with Crippen molar-refractivity contribution in [2.75, 3.05) is 7.11 Å². The quantitative estimate of drug-likeness (QED) is 0.385. The number of rotatable bonds is 5. The molecule has 0 atom stereocenters. The van der Waals surface area contributed by atoms with Crippen LogP contribution in [0.4, 0.5) is 13.2 Å². The van der Waals surface area contributed by atoms with Gasteiger partial charge in [0.1, 0.15) is 34.2 Å². The van der Waals surface area contributed by atoms with Gasteiger partial charge in [-0.2, -0.15) is 0 Å². The number of fused-ring (bicyclic) bond motifs is 3. The zero-order valence-corrected chi connectivity index (χ0v) is 17.6. The standard InChI is InChI=1S/C25H18F3N3O2/c1-33-20-4-2-3-15(9-20)12-30-14-29-23-21-11-17(26)5-6-22(21)31(24(23)25(30)32)13-16-7-18(27)10-19(28)8-16/h2-11,14H,12-13H2,1H3. The Morgan fingerprint density at radius 2 is 1.67 bits per heavy atom. The average Bonchev–Trinajstić information content (AvgIpc) is 3.08. The van der Waals surface area contributed by atoms with E-state index in [0.717, 1.165) is 11.6 Å². The van der Waals surface area contributed by atoms with Gasteiger partial charge in [-0.3, -0.25) is 9.36 Å². The van der Waals surface area contributed by atoms with Crippen molar-refractivity contribution in [2.45, 2.75) is 13.1 Å². The highest BCUT2D eigenvalue weighted by molar-refractivity contribution is 6.05. The molecule has 2 aromatic heterocycles. The number of hydrogen-bond acceptors (Lipinski definition) is 3. The first-order valence-electron chi connectivity index (χ1n) is 10.2. The lowest BCUT2D eigenvalue weighted by molar-refractivity contribution is 0.414. The summed E-state index contributed by atoms with van der Waals surface area (Å²) in [5.74, 6) is -1.25. The van der Waals surface area contributed by atoms with Crippen LogP contribution in [0.15, 0.2) is 71.8 Å². The monoisotopic (exact) mass is 449 g/mol. The molecule has 0 fully saturated rings. The smallest absolute Gasteiger partial charge is 0.278 e. The summed E-state index contributed by atoms with van der Waals surface area (Å²) < 4.78 is 49.9. The fourth-order valence-electron chi connectivity index (χ4n) is 4.10. The van der Waals surface area contributed by atoms with Gasteiger partial charge >= 0.3 is 0 Å². The third-order valence-corrected chi connectivity index (χ3v) is 5.54. The molecule has 5 nitrogen and oxygen atoms in total. The molecule has 3 aromatic carbocycles. The summed E-state index contributed by atoms with van der Waals surface area (Å²) in [5.41, 5.74) is 1.91. The summed E-state index contributed by atoms with van der Waals surface area (Å²) in [6, 6.07) is 14.6. The molecule has 33 heavy (non-hydrogen) atoms. The normalized spacial score (nSPS) is 11.4. The first-order chi connectivity index (χ1) is 15.9. The summed E-state index contributed by atoms with van der Waals surface area (Å²) in [4.78, 5) is 18.0. The molecular weight excluding hydrogens is 431 g/mol. The first kappa shape index (κ1) is 20.8. The molecule has 0 aliphatic rings. The molecule has 0 N–H and O–H groups in total. The Morgan fingerprint density at radius 3 is 2.42 bits per heavy atom. The molecule has 8 heteroatoms. The third kappa shape index (κ3) is 3.84. The van der Waals surface area contributed by atoms with Crippen molar-refractivity contribution in [3.05, 3.63) is 106 Å². The van der Waals surface area contributed by atoms with Crippen LogP contribution in [0.2, 0.25) is 0 Å². The van der Waals surface area contributed by atoms with Crippen molar-refractivity contribution in [2.24, 2.45) is 0 Å². The van der Waals surface area contributed by atoms with E-state index in [9.17, 15) is 18.0 Å². The van der Waals surface area contributed by atoms with Crippen molar-refractivity contribution in [1.82, 2.24) is 14.1 Å². The largest absolute Gasteiger partial charge is 0.497 e. The maximum Gasteiger partial charge on any atom is 0.278 e. The van der Waals surface area contributed by atoms with E-state index >= 15 is 0 Å². The second-order valence-electron chi connectivity index (χ2n) is 7.75. The highest BCUT2D eigenvalue weighted by Crippen LogP contribution is 2.27. The maximum absolute atomic E-state index is 14.0. The summed E-state index contributed by atoms with van der Waals surface area (Å²) in [6.07, 6.45) is 1.42. The second kappa shape index (κ2) is 8.12. The van der Waals surface area contributed by atoms with Gasteiger partial charge in [0, 0.05) is 18.0 Å². The van der Waals surface area contributed by atoms with Gasteiger partial charge in [0.05, 0.1) is 25.5 Å². The van der Waals surface area contributed by atoms with Crippen molar-refractivity contribution >= 4 is 21.9 Å². The lowest BCUT2D eigenvalue weighted by Gasteiger charge is -2.10. The molecule has 0 amide bonds. The summed E-state index contributed by atoms with van der Waals surface area (Å²) in [7, 11) is 1.56. The SMILES string of the molecule is COc1cccc(Cn2cnc3c4cc(F)ccc4n(Cc4cc(F)cc(F)c4)c3c2=O)c1. The number of nitrogens with zero attached hydrogens (tertiary/aromatic N) is 3. The molecule has 0 bridgehead atoms. The van der Waals surface area contributed by atoms with Crippen LogP contribution in [0.5, 0.6) is 5.75 Å². The van der Waals surface area contributed by atoms with Crippen LogP contribution in [0.3, 0.4) is 0 Å². The molecule has 0 unspecified atom stereocenters. The Balaban J connectivity index is 1.71. The van der Waals surface area contributed by atoms with Crippen molar-refractivity contribution in [1.29, 1.82) is 0 Å². The molecule has 0 saturated heterocycles. The van der Waals surface area contributed by atoms with E-state index in [1.165, 1.54) is 41.2 Å². The van der Waals surface area contributed by atoms with Crippen LogP contribution < -0.4 is 10.3 Å². The minimum absolute atomic E-state index is 0.0143. The minimum atomic E-state index is -0.717. The molecule has 0 saturated carbocycles. The maximum atomic E-state index is 14.0. The van der Waals surface area contributed by atoms with Crippen LogP contribution >= 0.6 is 0 Å². The van der Waals surface area contributed by atoms with Gasteiger partial charge in [0.25, 0.3) is 5.56 Å². The predicted octanol–water partition coefficient (Wildman–Crippen LogP) is 4.87. The molecule has 0 aliphatic heterocycles. The van der Waals surface area contributed by atoms with Crippen LogP contribution in [0, 0.1) is 17.5 Å². The van der Waals surface area contributed by atoms with Gasteiger partial charge in [-0.25, -0.2) is 18.2 Å². The second-order valence-corrected chi connectivity index (χ2v) is 7.75. The topological polar surface area (TPSA) is 49.0 Å². The van der Waals surface area contributed by atoms with Gasteiger partial charge in [0.2, 0.25) is 0 Å². The van der Waals surface area contributed by atoms with E-state index in [-0.39, 0.29) is 24.2 Å². The van der Waals surface area contributed by atoms with Crippen LogP contribution in [-0.4, -0.2) is 21.2 Å². The Morgan fingerprint density at radius 1 is 0.879 bits per heavy atom. The van der Waals surface area contributed by atoms with Crippen LogP contribution in [0.1, 0.15) is 11.1 Å². The lowest BCUT2D eigenvalue weighted by Crippen LogP contribution is -2.23. The highest BCUT2D eigenvalue weighted by Gasteiger charge is 2.18. The molecule has 166 valence electrons. The first-order valence-corrected chi connectivity index (χ1v) is 10.2. The van der Waals surface area contributed by atoms with Crippen molar-refractivity contribution < 1.29 is 17.9 Å². The van der Waals surface area contributed by atoms with Crippen molar-refractivity contribution in [3.8, 4) is 5.75 Å². The number of benzene rings is 3. The number of hydrogen-bond donors (Lipinski definition) is 0. The van der Waals surface area contributed by atoms with E-state index in [1.54, 1.807) is 17.7 Å². The molecule has 5 aromatic rings. The van der Waals surface area contributed by atoms with Crippen molar-refractivity contribution in [3.63, 3.8) is 0 Å². The number of halogens is 3. The Kier molecular flexibility index (Phi) is 5.12. The Labute approximate surface area is 186 Å². The van der Waals surface area contributed by atoms with Gasteiger partial charge in [-0.1, -0.05) is 12.1 Å². The average molecular weight is 449 g/mol. The molecule has 2 heterocycles. The summed E-state index contributed by atoms with van der Waals surface area (Å²) in [5, 5.41) is 0.451. The zero-order chi connectivity index (χ0) is 23.1. The molecule has 0 aliphatic carbocycles. The van der Waals surface area contributed by atoms with E-state index < -0.39 is 17.5 Å². The number of aromatic nitrogens is 3. The third-order valence-electron chi connectivity index (χ3n) is 5.54. The van der Waals surface area contributed by atoms with E-state index in [4.69, 9.17) is 4.74 Å². The summed E-state index contributed by atoms with van der Waals surface area (Å²) >= 11 is 0. The fourth-order valence-corrected chi connectivity index (χ4v) is 4.10. The van der Waals surface area contributed by atoms with Gasteiger partial charge in [-0.15, -0.1) is 0 Å². The zero-order valence-electron chi connectivity index (χ0n) is 17.6. The van der Waals surface area contributed by atoms with E-state index in [2.05, 4.69) is 4.98 Å². The Hall–Kier alpha value is -4.07. The molecule has 0 radical (unpaired) electrons. The van der Waals surface area contributed by atoms with E-state index in [0.29, 0.717) is 27.7 Å². The van der Waals surface area contributed by atoms with E-state index in [1.807, 2.05) is 18.2 Å². The highest BCUT2D eigenvalue weighted by atomic mass is 19.1. The van der Waals surface area contributed by atoms with Crippen LogP contribution in [-0.2, 0) is 13.1 Å².